The topological polar surface area (TPSA) is 38.9 Å². The molecular weight excluding hydrogens is 184 g/mol. The molecule has 1 atom stereocenters. The molecule has 1 aliphatic carbocycles. The molecule has 2 N–H and O–H groups in total. The molecule has 0 aromatic carbocycles. The molecule has 2 rings (SSSR count). The average Bonchev–Trinajstić information content (AvgIpc) is 2.44. The summed E-state index contributed by atoms with van der Waals surface area (Å²) in [6, 6.07) is 4.43. The van der Waals surface area contributed by atoms with Crippen molar-refractivity contribution in [2.45, 2.75) is 38.6 Å². The Balaban J connectivity index is 2.24. The molecule has 0 bridgehead atoms. The van der Waals surface area contributed by atoms with Crippen LogP contribution in [0, 0.1) is 6.92 Å². The molecular formula is C13H18N2. The van der Waals surface area contributed by atoms with E-state index in [9.17, 15) is 0 Å². The second-order valence-corrected chi connectivity index (χ2v) is 4.29. The van der Waals surface area contributed by atoms with E-state index in [1.165, 1.54) is 24.0 Å². The number of hydrogen-bond donors (Lipinski definition) is 1. The standard InChI is InChI=1S/C13H18N2/c1-10-6-7-12(9-15-10)11-4-2-3-5-13(14)8-11/h6-9,13H,2-5,14H2,1H3. The van der Waals surface area contributed by atoms with Crippen molar-refractivity contribution in [1.82, 2.24) is 4.98 Å². The van der Waals surface area contributed by atoms with Crippen LogP contribution in [0.3, 0.4) is 0 Å². The highest BCUT2D eigenvalue weighted by Gasteiger charge is 2.09. The van der Waals surface area contributed by atoms with Crippen molar-refractivity contribution in [3.8, 4) is 0 Å². The van der Waals surface area contributed by atoms with Gasteiger partial charge in [-0.05, 0) is 43.4 Å². The zero-order chi connectivity index (χ0) is 10.7. The summed E-state index contributed by atoms with van der Waals surface area (Å²) in [7, 11) is 0. The number of aryl methyl sites for hydroxylation is 1. The fourth-order valence-corrected chi connectivity index (χ4v) is 2.02. The van der Waals surface area contributed by atoms with Gasteiger partial charge in [-0.25, -0.2) is 0 Å². The third-order valence-electron chi connectivity index (χ3n) is 2.93. The van der Waals surface area contributed by atoms with Crippen molar-refractivity contribution < 1.29 is 0 Å². The Morgan fingerprint density at radius 1 is 1.33 bits per heavy atom. The van der Waals surface area contributed by atoms with Crippen LogP contribution < -0.4 is 5.73 Å². The van der Waals surface area contributed by atoms with E-state index in [2.05, 4.69) is 23.2 Å². The predicted molar refractivity (Wildman–Crippen MR) is 63.4 cm³/mol. The van der Waals surface area contributed by atoms with E-state index in [0.29, 0.717) is 0 Å². The number of rotatable bonds is 1. The highest BCUT2D eigenvalue weighted by Crippen LogP contribution is 2.25. The first-order chi connectivity index (χ1) is 7.25. The molecule has 0 aliphatic heterocycles. The van der Waals surface area contributed by atoms with Crippen molar-refractivity contribution >= 4 is 5.57 Å². The van der Waals surface area contributed by atoms with Crippen molar-refractivity contribution in [1.29, 1.82) is 0 Å². The molecule has 1 aliphatic rings. The fourth-order valence-electron chi connectivity index (χ4n) is 2.02. The van der Waals surface area contributed by atoms with Gasteiger partial charge in [-0.1, -0.05) is 18.6 Å². The maximum absolute atomic E-state index is 6.00. The summed E-state index contributed by atoms with van der Waals surface area (Å²) in [4.78, 5) is 4.33. The van der Waals surface area contributed by atoms with Gasteiger partial charge in [0.15, 0.2) is 0 Å². The second-order valence-electron chi connectivity index (χ2n) is 4.29. The third-order valence-corrected chi connectivity index (χ3v) is 2.93. The molecule has 0 fully saturated rings. The summed E-state index contributed by atoms with van der Waals surface area (Å²) in [5.41, 5.74) is 9.66. The van der Waals surface area contributed by atoms with Crippen molar-refractivity contribution in [3.05, 3.63) is 35.7 Å². The Morgan fingerprint density at radius 2 is 2.20 bits per heavy atom. The van der Waals surface area contributed by atoms with Crippen molar-refractivity contribution in [3.63, 3.8) is 0 Å². The highest BCUT2D eigenvalue weighted by molar-refractivity contribution is 5.65. The van der Waals surface area contributed by atoms with Gasteiger partial charge in [-0.2, -0.15) is 0 Å². The van der Waals surface area contributed by atoms with Gasteiger partial charge in [0, 0.05) is 17.9 Å². The summed E-state index contributed by atoms with van der Waals surface area (Å²) in [6.07, 6.45) is 8.90. The van der Waals surface area contributed by atoms with Gasteiger partial charge in [-0.15, -0.1) is 0 Å². The number of nitrogens with zero attached hydrogens (tertiary/aromatic N) is 1. The fraction of sp³-hybridized carbons (Fsp3) is 0.462. The normalized spacial score (nSPS) is 22.0. The maximum Gasteiger partial charge on any atom is 0.0373 e. The minimum absolute atomic E-state index is 0.226. The van der Waals surface area contributed by atoms with Crippen LogP contribution in [0.1, 0.15) is 36.9 Å². The summed E-state index contributed by atoms with van der Waals surface area (Å²) in [5, 5.41) is 0. The lowest BCUT2D eigenvalue weighted by Crippen LogP contribution is -2.15. The summed E-state index contributed by atoms with van der Waals surface area (Å²) in [5.74, 6) is 0. The van der Waals surface area contributed by atoms with Gasteiger partial charge >= 0.3 is 0 Å². The van der Waals surface area contributed by atoms with Crippen LogP contribution in [0.4, 0.5) is 0 Å². The second kappa shape index (κ2) is 4.58. The number of nitrogens with two attached hydrogens (primary N) is 1. The third kappa shape index (κ3) is 2.66. The van der Waals surface area contributed by atoms with Crippen LogP contribution in [-0.4, -0.2) is 11.0 Å². The van der Waals surface area contributed by atoms with Gasteiger partial charge in [-0.3, -0.25) is 4.98 Å². The van der Waals surface area contributed by atoms with E-state index in [1.807, 2.05) is 13.1 Å². The lowest BCUT2D eigenvalue weighted by Gasteiger charge is -2.06. The first kappa shape index (κ1) is 10.4. The lowest BCUT2D eigenvalue weighted by molar-refractivity contribution is 0.658. The van der Waals surface area contributed by atoms with E-state index in [4.69, 9.17) is 5.73 Å². The number of hydrogen-bond acceptors (Lipinski definition) is 2. The zero-order valence-corrected chi connectivity index (χ0v) is 9.24. The van der Waals surface area contributed by atoms with E-state index >= 15 is 0 Å². The number of pyridine rings is 1. The van der Waals surface area contributed by atoms with Gasteiger partial charge < -0.3 is 5.73 Å². The van der Waals surface area contributed by atoms with Crippen LogP contribution in [0.5, 0.6) is 0 Å². The molecule has 0 saturated heterocycles. The molecule has 1 aromatic rings. The van der Waals surface area contributed by atoms with E-state index < -0.39 is 0 Å². The molecule has 1 aromatic heterocycles. The van der Waals surface area contributed by atoms with Crippen LogP contribution in [0.15, 0.2) is 24.4 Å². The van der Waals surface area contributed by atoms with Gasteiger partial charge in [0.05, 0.1) is 0 Å². The van der Waals surface area contributed by atoms with E-state index in [1.54, 1.807) is 0 Å². The van der Waals surface area contributed by atoms with Crippen molar-refractivity contribution in [2.75, 3.05) is 0 Å². The average molecular weight is 202 g/mol. The van der Waals surface area contributed by atoms with Crippen LogP contribution in [0.2, 0.25) is 0 Å². The summed E-state index contributed by atoms with van der Waals surface area (Å²) >= 11 is 0. The summed E-state index contributed by atoms with van der Waals surface area (Å²) in [6.45, 7) is 2.01. The van der Waals surface area contributed by atoms with E-state index in [0.717, 1.165) is 18.5 Å². The van der Waals surface area contributed by atoms with Crippen LogP contribution in [0.25, 0.3) is 5.57 Å². The molecule has 80 valence electrons. The van der Waals surface area contributed by atoms with Crippen LogP contribution in [-0.2, 0) is 0 Å². The highest BCUT2D eigenvalue weighted by atomic mass is 14.7. The van der Waals surface area contributed by atoms with Gasteiger partial charge in [0.1, 0.15) is 0 Å². The van der Waals surface area contributed by atoms with E-state index in [-0.39, 0.29) is 6.04 Å². The molecule has 2 heteroatoms. The number of aromatic nitrogens is 1. The molecule has 15 heavy (non-hydrogen) atoms. The molecule has 1 unspecified atom stereocenters. The predicted octanol–water partition coefficient (Wildman–Crippen LogP) is 2.67. The Labute approximate surface area is 91.2 Å². The Bertz CT molecular complexity index is 351. The lowest BCUT2D eigenvalue weighted by atomic mass is 10.0. The molecule has 0 amide bonds. The van der Waals surface area contributed by atoms with Crippen molar-refractivity contribution in [2.24, 2.45) is 5.73 Å². The summed E-state index contributed by atoms with van der Waals surface area (Å²) < 4.78 is 0. The Hall–Kier alpha value is -1.15. The Kier molecular flexibility index (Phi) is 3.17. The smallest absolute Gasteiger partial charge is 0.0373 e. The minimum atomic E-state index is 0.226. The molecule has 0 radical (unpaired) electrons. The van der Waals surface area contributed by atoms with Crippen LogP contribution >= 0.6 is 0 Å². The van der Waals surface area contributed by atoms with Gasteiger partial charge in [0.2, 0.25) is 0 Å². The Morgan fingerprint density at radius 3 is 2.93 bits per heavy atom. The number of allylic oxidation sites excluding steroid dienone is 1. The quantitative estimate of drug-likeness (QED) is 0.760. The molecule has 0 spiro atoms. The molecule has 2 nitrogen and oxygen atoms in total. The SMILES string of the molecule is Cc1ccc(C2=CC(N)CCCC2)cn1. The minimum Gasteiger partial charge on any atom is -0.324 e. The molecule has 1 heterocycles. The zero-order valence-electron chi connectivity index (χ0n) is 9.24. The first-order valence-corrected chi connectivity index (χ1v) is 5.65. The van der Waals surface area contributed by atoms with Gasteiger partial charge in [0.25, 0.3) is 0 Å². The largest absolute Gasteiger partial charge is 0.324 e. The molecule has 0 saturated carbocycles. The first-order valence-electron chi connectivity index (χ1n) is 5.65. The monoisotopic (exact) mass is 202 g/mol. The maximum atomic E-state index is 6.00.